The minimum Gasteiger partial charge on any atom is -0.543 e. The van der Waals surface area contributed by atoms with Crippen LogP contribution < -0.4 is 5.11 Å². The highest BCUT2D eigenvalue weighted by Crippen LogP contribution is 2.05. The van der Waals surface area contributed by atoms with Crippen molar-refractivity contribution in [3.05, 3.63) is 17.5 Å². The maximum Gasteiger partial charge on any atom is 0.108 e. The Morgan fingerprint density at radius 3 is 2.83 bits per heavy atom. The molecule has 1 aromatic heterocycles. The molecule has 4 heteroatoms. The predicted octanol–water partition coefficient (Wildman–Crippen LogP) is -0.0283. The number of carbonyl (C=O) groups excluding carboxylic acids is 1. The molecule has 0 aliphatic heterocycles. The minimum absolute atomic E-state index is 0.0225. The van der Waals surface area contributed by atoms with Crippen LogP contribution in [0.1, 0.15) is 30.0 Å². The lowest BCUT2D eigenvalue weighted by Crippen LogP contribution is -2.22. The molecule has 0 unspecified atom stereocenters. The maximum absolute atomic E-state index is 10.3. The van der Waals surface area contributed by atoms with Crippen LogP contribution in [-0.2, 0) is 6.42 Å². The van der Waals surface area contributed by atoms with Gasteiger partial charge in [-0.25, -0.2) is 0 Å². The Balaban J connectivity index is 2.71. The number of aromatic nitrogens is 2. The molecule has 4 nitrogen and oxygen atoms in total. The van der Waals surface area contributed by atoms with E-state index in [1.54, 1.807) is 0 Å². The van der Waals surface area contributed by atoms with Crippen molar-refractivity contribution in [1.82, 2.24) is 10.2 Å². The van der Waals surface area contributed by atoms with Gasteiger partial charge in [-0.3, -0.25) is 5.10 Å². The van der Waals surface area contributed by atoms with Crippen molar-refractivity contribution in [3.63, 3.8) is 0 Å². The Hall–Kier alpha value is -1.32. The topological polar surface area (TPSA) is 68.8 Å². The number of carboxylic acid groups (broad SMARTS) is 1. The summed E-state index contributed by atoms with van der Waals surface area (Å²) in [5.41, 5.74) is 0.815. The van der Waals surface area contributed by atoms with Gasteiger partial charge in [0.15, 0.2) is 0 Å². The summed E-state index contributed by atoms with van der Waals surface area (Å²) in [6.07, 6.45) is 0.806. The highest BCUT2D eigenvalue weighted by Gasteiger charge is 2.02. The van der Waals surface area contributed by atoms with E-state index in [2.05, 4.69) is 24.0 Å². The Morgan fingerprint density at radius 2 is 2.42 bits per heavy atom. The number of H-pyrrole nitrogens is 1. The van der Waals surface area contributed by atoms with Crippen molar-refractivity contribution in [1.29, 1.82) is 0 Å². The lowest BCUT2D eigenvalue weighted by Gasteiger charge is -1.98. The molecule has 0 aliphatic rings. The number of carboxylic acids is 1. The van der Waals surface area contributed by atoms with Gasteiger partial charge in [-0.1, -0.05) is 13.8 Å². The summed E-state index contributed by atoms with van der Waals surface area (Å²) in [7, 11) is 0. The van der Waals surface area contributed by atoms with Gasteiger partial charge in [-0.15, -0.1) is 0 Å². The average Bonchev–Trinajstić information content (AvgIpc) is 2.34. The quantitative estimate of drug-likeness (QED) is 0.687. The zero-order chi connectivity index (χ0) is 9.14. The maximum atomic E-state index is 10.3. The Labute approximate surface area is 70.6 Å². The van der Waals surface area contributed by atoms with Gasteiger partial charge < -0.3 is 9.90 Å². The van der Waals surface area contributed by atoms with E-state index in [0.717, 1.165) is 12.1 Å². The summed E-state index contributed by atoms with van der Waals surface area (Å²) in [6, 6.07) is 1.51. The number of aromatic carboxylic acids is 1. The van der Waals surface area contributed by atoms with E-state index in [-0.39, 0.29) is 5.69 Å². The SMILES string of the molecule is CC(C)Cc1cc(C(=O)[O-])n[nH]1. The average molecular weight is 167 g/mol. The Kier molecular flexibility index (Phi) is 2.47. The predicted molar refractivity (Wildman–Crippen MR) is 41.5 cm³/mol. The van der Waals surface area contributed by atoms with Gasteiger partial charge >= 0.3 is 0 Å². The van der Waals surface area contributed by atoms with Crippen molar-refractivity contribution in [2.45, 2.75) is 20.3 Å². The highest BCUT2D eigenvalue weighted by atomic mass is 16.4. The first-order valence-electron chi connectivity index (χ1n) is 3.85. The van der Waals surface area contributed by atoms with Crippen LogP contribution in [0.2, 0.25) is 0 Å². The highest BCUT2D eigenvalue weighted by molar-refractivity contribution is 5.83. The third-order valence-electron chi connectivity index (χ3n) is 1.47. The van der Waals surface area contributed by atoms with Crippen LogP contribution in [0.3, 0.4) is 0 Å². The number of carbonyl (C=O) groups is 1. The number of hydrogen-bond donors (Lipinski definition) is 1. The van der Waals surface area contributed by atoms with Gasteiger partial charge in [0.25, 0.3) is 0 Å². The zero-order valence-electron chi connectivity index (χ0n) is 7.13. The monoisotopic (exact) mass is 167 g/mol. The van der Waals surface area contributed by atoms with Crippen LogP contribution in [0.15, 0.2) is 6.07 Å². The van der Waals surface area contributed by atoms with Crippen LogP contribution in [0.5, 0.6) is 0 Å². The Morgan fingerprint density at radius 1 is 1.75 bits per heavy atom. The summed E-state index contributed by atoms with van der Waals surface area (Å²) in [4.78, 5) is 10.3. The zero-order valence-corrected chi connectivity index (χ0v) is 7.13. The Bertz CT molecular complexity index is 278. The van der Waals surface area contributed by atoms with Gasteiger partial charge in [0.2, 0.25) is 0 Å². The molecule has 0 atom stereocenters. The molecular formula is C8H11N2O2-. The molecule has 1 aromatic rings. The molecule has 12 heavy (non-hydrogen) atoms. The van der Waals surface area contributed by atoms with E-state index >= 15 is 0 Å². The van der Waals surface area contributed by atoms with Crippen molar-refractivity contribution in [3.8, 4) is 0 Å². The molecular weight excluding hydrogens is 156 g/mol. The second-order valence-corrected chi connectivity index (χ2v) is 3.16. The summed E-state index contributed by atoms with van der Waals surface area (Å²) in [6.45, 7) is 4.11. The van der Waals surface area contributed by atoms with Crippen LogP contribution in [-0.4, -0.2) is 16.2 Å². The molecule has 1 N–H and O–H groups in total. The van der Waals surface area contributed by atoms with Gasteiger partial charge in [0.1, 0.15) is 5.69 Å². The molecule has 0 saturated heterocycles. The molecule has 0 aliphatic carbocycles. The summed E-state index contributed by atoms with van der Waals surface area (Å²) in [5.74, 6) is -0.749. The standard InChI is InChI=1S/C8H12N2O2/c1-5(2)3-6-4-7(8(11)12)10-9-6/h4-5H,3H2,1-2H3,(H,9,10)(H,11,12)/p-1. The molecule has 0 saturated carbocycles. The molecule has 0 fully saturated rings. The minimum atomic E-state index is -1.23. The lowest BCUT2D eigenvalue weighted by molar-refractivity contribution is -0.255. The van der Waals surface area contributed by atoms with Crippen molar-refractivity contribution in [2.24, 2.45) is 5.92 Å². The van der Waals surface area contributed by atoms with Crippen molar-refractivity contribution < 1.29 is 9.90 Å². The van der Waals surface area contributed by atoms with E-state index in [1.807, 2.05) is 0 Å². The number of aromatic amines is 1. The number of nitrogens with one attached hydrogen (secondary N) is 1. The normalized spacial score (nSPS) is 10.6. The first kappa shape index (κ1) is 8.77. The van der Waals surface area contributed by atoms with Crippen LogP contribution in [0.4, 0.5) is 0 Å². The van der Waals surface area contributed by atoms with Crippen LogP contribution in [0, 0.1) is 5.92 Å². The van der Waals surface area contributed by atoms with E-state index in [4.69, 9.17) is 0 Å². The van der Waals surface area contributed by atoms with E-state index in [0.29, 0.717) is 5.92 Å². The largest absolute Gasteiger partial charge is 0.543 e. The number of nitrogens with zero attached hydrogens (tertiary/aromatic N) is 1. The first-order valence-corrected chi connectivity index (χ1v) is 3.85. The molecule has 0 aromatic carbocycles. The molecule has 1 heterocycles. The van der Waals surface area contributed by atoms with E-state index in [1.165, 1.54) is 6.07 Å². The summed E-state index contributed by atoms with van der Waals surface area (Å²) < 4.78 is 0. The molecule has 1 rings (SSSR count). The molecule has 0 amide bonds. The summed E-state index contributed by atoms with van der Waals surface area (Å²) >= 11 is 0. The van der Waals surface area contributed by atoms with Crippen molar-refractivity contribution in [2.75, 3.05) is 0 Å². The van der Waals surface area contributed by atoms with Gasteiger partial charge in [-0.2, -0.15) is 5.10 Å². The molecule has 0 spiro atoms. The fraction of sp³-hybridized carbons (Fsp3) is 0.500. The second-order valence-electron chi connectivity index (χ2n) is 3.16. The lowest BCUT2D eigenvalue weighted by atomic mass is 10.1. The second kappa shape index (κ2) is 3.38. The smallest absolute Gasteiger partial charge is 0.108 e. The molecule has 0 radical (unpaired) electrons. The third kappa shape index (κ3) is 2.08. The van der Waals surface area contributed by atoms with Gasteiger partial charge in [-0.05, 0) is 18.4 Å². The fourth-order valence-electron chi connectivity index (χ4n) is 1.01. The van der Waals surface area contributed by atoms with Crippen LogP contribution in [0.25, 0.3) is 0 Å². The first-order chi connectivity index (χ1) is 5.59. The van der Waals surface area contributed by atoms with E-state index < -0.39 is 5.97 Å². The number of rotatable bonds is 3. The van der Waals surface area contributed by atoms with Gasteiger partial charge in [0.05, 0.1) is 5.97 Å². The third-order valence-corrected chi connectivity index (χ3v) is 1.47. The number of hydrogen-bond acceptors (Lipinski definition) is 3. The fourth-order valence-corrected chi connectivity index (χ4v) is 1.01. The van der Waals surface area contributed by atoms with E-state index in [9.17, 15) is 9.90 Å². The molecule has 66 valence electrons. The summed E-state index contributed by atoms with van der Waals surface area (Å²) in [5, 5.41) is 16.5. The molecule has 0 bridgehead atoms. The van der Waals surface area contributed by atoms with Crippen molar-refractivity contribution >= 4 is 5.97 Å². The van der Waals surface area contributed by atoms with Gasteiger partial charge in [0, 0.05) is 5.69 Å². The van der Waals surface area contributed by atoms with Crippen LogP contribution >= 0.6 is 0 Å².